The molecular formula is C13H20N2O2. The minimum Gasteiger partial charge on any atom is -0.389 e. The highest BCUT2D eigenvalue weighted by atomic mass is 16.5. The molecule has 2 rings (SSSR count). The topological polar surface area (TPSA) is 45.6 Å². The Kier molecular flexibility index (Phi) is 3.64. The Balaban J connectivity index is 2.15. The van der Waals surface area contributed by atoms with E-state index in [1.54, 1.807) is 13.1 Å². The SMILES string of the molecule is CC1CN(c2ccc([C@H](C)O)cn2)C(C)CO1. The molecule has 1 aromatic rings. The van der Waals surface area contributed by atoms with E-state index in [1.165, 1.54) is 0 Å². The number of rotatable bonds is 2. The first kappa shape index (κ1) is 12.3. The summed E-state index contributed by atoms with van der Waals surface area (Å²) in [6.07, 6.45) is 1.52. The molecule has 1 N–H and O–H groups in total. The van der Waals surface area contributed by atoms with Gasteiger partial charge in [-0.1, -0.05) is 6.07 Å². The van der Waals surface area contributed by atoms with Crippen LogP contribution in [0.15, 0.2) is 18.3 Å². The van der Waals surface area contributed by atoms with Crippen LogP contribution in [0.1, 0.15) is 32.4 Å². The Hall–Kier alpha value is -1.13. The number of aromatic nitrogens is 1. The van der Waals surface area contributed by atoms with Gasteiger partial charge in [0.05, 0.1) is 24.9 Å². The molecule has 0 saturated carbocycles. The van der Waals surface area contributed by atoms with Crippen molar-refractivity contribution >= 4 is 5.82 Å². The van der Waals surface area contributed by atoms with Crippen molar-refractivity contribution in [1.82, 2.24) is 4.98 Å². The third-order valence-electron chi connectivity index (χ3n) is 3.16. The van der Waals surface area contributed by atoms with Crippen molar-refractivity contribution in [2.45, 2.75) is 39.0 Å². The summed E-state index contributed by atoms with van der Waals surface area (Å²) in [5.74, 6) is 0.956. The predicted octanol–water partition coefficient (Wildman–Crippen LogP) is 1.75. The van der Waals surface area contributed by atoms with E-state index in [9.17, 15) is 5.11 Å². The van der Waals surface area contributed by atoms with Crippen molar-refractivity contribution in [2.75, 3.05) is 18.1 Å². The van der Waals surface area contributed by atoms with E-state index < -0.39 is 6.10 Å². The van der Waals surface area contributed by atoms with Gasteiger partial charge in [0.15, 0.2) is 0 Å². The zero-order valence-corrected chi connectivity index (χ0v) is 10.6. The zero-order chi connectivity index (χ0) is 12.4. The van der Waals surface area contributed by atoms with Gasteiger partial charge in [-0.3, -0.25) is 0 Å². The first-order valence-electron chi connectivity index (χ1n) is 6.10. The molecule has 2 heterocycles. The number of aliphatic hydroxyl groups excluding tert-OH is 1. The summed E-state index contributed by atoms with van der Waals surface area (Å²) >= 11 is 0. The van der Waals surface area contributed by atoms with Gasteiger partial charge in [-0.25, -0.2) is 4.98 Å². The van der Waals surface area contributed by atoms with Crippen molar-refractivity contribution in [3.8, 4) is 0 Å². The fourth-order valence-electron chi connectivity index (χ4n) is 2.04. The van der Waals surface area contributed by atoms with E-state index in [4.69, 9.17) is 4.74 Å². The first-order valence-corrected chi connectivity index (χ1v) is 6.10. The van der Waals surface area contributed by atoms with Gasteiger partial charge in [0.25, 0.3) is 0 Å². The van der Waals surface area contributed by atoms with E-state index in [0.29, 0.717) is 6.04 Å². The molecular weight excluding hydrogens is 216 g/mol. The van der Waals surface area contributed by atoms with E-state index in [0.717, 1.165) is 24.5 Å². The molecule has 0 aliphatic carbocycles. The second-order valence-electron chi connectivity index (χ2n) is 4.77. The van der Waals surface area contributed by atoms with E-state index >= 15 is 0 Å². The molecule has 17 heavy (non-hydrogen) atoms. The summed E-state index contributed by atoms with van der Waals surface area (Å²) in [7, 11) is 0. The fourth-order valence-corrected chi connectivity index (χ4v) is 2.04. The number of morpholine rings is 1. The van der Waals surface area contributed by atoms with E-state index in [-0.39, 0.29) is 6.10 Å². The third kappa shape index (κ3) is 2.76. The molecule has 1 aromatic heterocycles. The minimum atomic E-state index is -0.461. The largest absolute Gasteiger partial charge is 0.389 e. The highest BCUT2D eigenvalue weighted by Crippen LogP contribution is 2.21. The van der Waals surface area contributed by atoms with Crippen LogP contribution in [0.25, 0.3) is 0 Å². The molecule has 3 atom stereocenters. The van der Waals surface area contributed by atoms with Crippen LogP contribution in [-0.2, 0) is 4.74 Å². The third-order valence-corrected chi connectivity index (χ3v) is 3.16. The first-order chi connectivity index (χ1) is 8.08. The molecule has 1 aliphatic heterocycles. The van der Waals surface area contributed by atoms with Crippen LogP contribution in [0.4, 0.5) is 5.82 Å². The van der Waals surface area contributed by atoms with Gasteiger partial charge in [-0.05, 0) is 32.4 Å². The van der Waals surface area contributed by atoms with Gasteiger partial charge in [0, 0.05) is 12.7 Å². The lowest BCUT2D eigenvalue weighted by molar-refractivity contribution is 0.0340. The average Bonchev–Trinajstić information content (AvgIpc) is 2.32. The summed E-state index contributed by atoms with van der Waals surface area (Å²) in [5, 5.41) is 9.45. The normalized spacial score (nSPS) is 26.9. The molecule has 1 fully saturated rings. The molecule has 0 aromatic carbocycles. The van der Waals surface area contributed by atoms with Crippen molar-refractivity contribution < 1.29 is 9.84 Å². The number of nitrogens with zero attached hydrogens (tertiary/aromatic N) is 2. The maximum absolute atomic E-state index is 9.45. The van der Waals surface area contributed by atoms with E-state index in [1.807, 2.05) is 12.1 Å². The highest BCUT2D eigenvalue weighted by molar-refractivity contribution is 5.41. The van der Waals surface area contributed by atoms with Gasteiger partial charge in [-0.2, -0.15) is 0 Å². The molecule has 0 bridgehead atoms. The summed E-state index contributed by atoms with van der Waals surface area (Å²) in [6.45, 7) is 7.55. The highest BCUT2D eigenvalue weighted by Gasteiger charge is 2.24. The van der Waals surface area contributed by atoms with Gasteiger partial charge in [0.1, 0.15) is 5.82 Å². The standard InChI is InChI=1S/C13H20N2O2/c1-9-8-17-10(2)7-15(9)13-5-4-12(6-14-13)11(3)16/h4-6,9-11,16H,7-8H2,1-3H3/t9?,10?,11-/m0/s1. The summed E-state index contributed by atoms with van der Waals surface area (Å²) < 4.78 is 5.59. The number of anilines is 1. The molecule has 0 amide bonds. The molecule has 2 unspecified atom stereocenters. The molecule has 94 valence electrons. The number of hydrogen-bond donors (Lipinski definition) is 1. The summed E-state index contributed by atoms with van der Waals surface area (Å²) in [5.41, 5.74) is 0.850. The summed E-state index contributed by atoms with van der Waals surface area (Å²) in [6, 6.07) is 4.24. The second-order valence-corrected chi connectivity index (χ2v) is 4.77. The number of hydrogen-bond acceptors (Lipinski definition) is 4. The van der Waals surface area contributed by atoms with Crippen LogP contribution in [0, 0.1) is 0 Å². The average molecular weight is 236 g/mol. The fraction of sp³-hybridized carbons (Fsp3) is 0.615. The van der Waals surface area contributed by atoms with Gasteiger partial charge in [-0.15, -0.1) is 0 Å². The van der Waals surface area contributed by atoms with Gasteiger partial charge < -0.3 is 14.7 Å². The Labute approximate surface area is 102 Å². The lowest BCUT2D eigenvalue weighted by atomic mass is 10.1. The lowest BCUT2D eigenvalue weighted by Crippen LogP contribution is -2.47. The van der Waals surface area contributed by atoms with Crippen LogP contribution < -0.4 is 4.90 Å². The van der Waals surface area contributed by atoms with Gasteiger partial charge >= 0.3 is 0 Å². The molecule has 0 radical (unpaired) electrons. The number of ether oxygens (including phenoxy) is 1. The maximum Gasteiger partial charge on any atom is 0.128 e. The molecule has 1 aliphatic rings. The maximum atomic E-state index is 9.45. The minimum absolute atomic E-state index is 0.240. The smallest absolute Gasteiger partial charge is 0.128 e. The quantitative estimate of drug-likeness (QED) is 0.849. The molecule has 0 spiro atoms. The van der Waals surface area contributed by atoms with Crippen molar-refractivity contribution in [1.29, 1.82) is 0 Å². The number of aliphatic hydroxyl groups is 1. The van der Waals surface area contributed by atoms with Crippen molar-refractivity contribution in [3.63, 3.8) is 0 Å². The second kappa shape index (κ2) is 5.02. The van der Waals surface area contributed by atoms with Crippen LogP contribution in [0.2, 0.25) is 0 Å². The molecule has 4 nitrogen and oxygen atoms in total. The predicted molar refractivity (Wildman–Crippen MR) is 67.1 cm³/mol. The molecule has 1 saturated heterocycles. The van der Waals surface area contributed by atoms with Crippen LogP contribution in [0.5, 0.6) is 0 Å². The lowest BCUT2D eigenvalue weighted by Gasteiger charge is -2.37. The van der Waals surface area contributed by atoms with Crippen LogP contribution >= 0.6 is 0 Å². The summed E-state index contributed by atoms with van der Waals surface area (Å²) in [4.78, 5) is 6.67. The van der Waals surface area contributed by atoms with Crippen LogP contribution in [0.3, 0.4) is 0 Å². The van der Waals surface area contributed by atoms with E-state index in [2.05, 4.69) is 23.7 Å². The Bertz CT molecular complexity index is 364. The van der Waals surface area contributed by atoms with Crippen molar-refractivity contribution in [3.05, 3.63) is 23.9 Å². The zero-order valence-electron chi connectivity index (χ0n) is 10.6. The van der Waals surface area contributed by atoms with Gasteiger partial charge in [0.2, 0.25) is 0 Å². The Morgan fingerprint density at radius 2 is 2.24 bits per heavy atom. The van der Waals surface area contributed by atoms with Crippen molar-refractivity contribution in [2.24, 2.45) is 0 Å². The Morgan fingerprint density at radius 1 is 1.47 bits per heavy atom. The molecule has 4 heteroatoms. The van der Waals surface area contributed by atoms with Crippen LogP contribution in [-0.4, -0.2) is 35.4 Å². The number of pyridine rings is 1. The monoisotopic (exact) mass is 236 g/mol. The Morgan fingerprint density at radius 3 is 2.82 bits per heavy atom.